The van der Waals surface area contributed by atoms with Crippen molar-refractivity contribution in [2.45, 2.75) is 13.1 Å². The molecule has 0 aliphatic carbocycles. The molecule has 0 saturated carbocycles. The lowest BCUT2D eigenvalue weighted by Gasteiger charge is -2.20. The molecule has 1 rings (SSSR count). The van der Waals surface area contributed by atoms with Crippen LogP contribution in [-0.2, 0) is 11.0 Å². The van der Waals surface area contributed by atoms with Crippen LogP contribution in [0.3, 0.4) is 0 Å². The van der Waals surface area contributed by atoms with E-state index in [2.05, 4.69) is 15.9 Å². The van der Waals surface area contributed by atoms with Crippen LogP contribution in [-0.4, -0.2) is 35.0 Å². The number of hydrogen-bond donors (Lipinski definition) is 1. The number of carbonyl (C=O) groups is 2. The van der Waals surface area contributed by atoms with Crippen LogP contribution in [0.2, 0.25) is 0 Å². The minimum atomic E-state index is -4.57. The first-order valence-corrected chi connectivity index (χ1v) is 6.34. The zero-order chi connectivity index (χ0) is 15.5. The molecule has 4 nitrogen and oxygen atoms in total. The first kappa shape index (κ1) is 16.5. The second kappa shape index (κ2) is 6.25. The molecule has 0 unspecified atom stereocenters. The third-order valence-corrected chi connectivity index (χ3v) is 3.21. The maximum Gasteiger partial charge on any atom is 0.416 e. The van der Waals surface area contributed by atoms with Crippen LogP contribution in [0.5, 0.6) is 0 Å². The van der Waals surface area contributed by atoms with E-state index in [1.165, 1.54) is 0 Å². The molecule has 0 saturated heterocycles. The number of halogens is 4. The van der Waals surface area contributed by atoms with Gasteiger partial charge in [-0.15, -0.1) is 0 Å². The largest absolute Gasteiger partial charge is 0.480 e. The molecule has 0 aliphatic rings. The average Bonchev–Trinajstić information content (AvgIpc) is 2.34. The Morgan fingerprint density at radius 1 is 1.35 bits per heavy atom. The van der Waals surface area contributed by atoms with E-state index in [1.807, 2.05) is 0 Å². The van der Waals surface area contributed by atoms with Crippen molar-refractivity contribution < 1.29 is 27.9 Å². The number of aliphatic carboxylic acids is 1. The fraction of sp³-hybridized carbons (Fsp3) is 0.333. The second-order valence-corrected chi connectivity index (χ2v) is 4.76. The summed E-state index contributed by atoms with van der Waals surface area (Å²) in [6.45, 7) is 1.05. The van der Waals surface area contributed by atoms with Gasteiger partial charge in [-0.25, -0.2) is 0 Å². The third-order valence-electron chi connectivity index (χ3n) is 2.52. The van der Waals surface area contributed by atoms with Crippen molar-refractivity contribution in [3.63, 3.8) is 0 Å². The van der Waals surface area contributed by atoms with Crippen molar-refractivity contribution in [2.24, 2.45) is 0 Å². The van der Waals surface area contributed by atoms with Crippen LogP contribution in [0.1, 0.15) is 22.8 Å². The molecule has 1 aromatic carbocycles. The lowest BCUT2D eigenvalue weighted by Crippen LogP contribution is -2.35. The molecular weight excluding hydrogens is 343 g/mol. The zero-order valence-corrected chi connectivity index (χ0v) is 12.0. The van der Waals surface area contributed by atoms with E-state index in [0.29, 0.717) is 6.07 Å². The Kier molecular flexibility index (Phi) is 5.15. The Morgan fingerprint density at radius 3 is 2.40 bits per heavy atom. The van der Waals surface area contributed by atoms with Gasteiger partial charge >= 0.3 is 12.1 Å². The first-order chi connectivity index (χ1) is 9.16. The van der Waals surface area contributed by atoms with Gasteiger partial charge in [0.25, 0.3) is 5.91 Å². The molecule has 0 radical (unpaired) electrons. The van der Waals surface area contributed by atoms with Crippen molar-refractivity contribution in [1.29, 1.82) is 0 Å². The van der Waals surface area contributed by atoms with Gasteiger partial charge in [-0.2, -0.15) is 13.2 Å². The van der Waals surface area contributed by atoms with Gasteiger partial charge in [0, 0.05) is 11.0 Å². The highest BCUT2D eigenvalue weighted by molar-refractivity contribution is 9.10. The number of alkyl halides is 3. The number of carbonyl (C=O) groups excluding carboxylic acids is 1. The minimum absolute atomic E-state index is 0.0772. The monoisotopic (exact) mass is 353 g/mol. The summed E-state index contributed by atoms with van der Waals surface area (Å²) in [6.07, 6.45) is -4.57. The molecule has 1 N–H and O–H groups in total. The quantitative estimate of drug-likeness (QED) is 0.905. The summed E-state index contributed by atoms with van der Waals surface area (Å²) in [5.74, 6) is -2.00. The Hall–Kier alpha value is -1.57. The lowest BCUT2D eigenvalue weighted by atomic mass is 10.1. The number of carboxylic acid groups (broad SMARTS) is 1. The van der Waals surface area contributed by atoms with Gasteiger partial charge < -0.3 is 10.0 Å². The normalized spacial score (nSPS) is 11.2. The topological polar surface area (TPSA) is 57.6 Å². The molecule has 0 spiro atoms. The van der Waals surface area contributed by atoms with Crippen LogP contribution >= 0.6 is 15.9 Å². The van der Waals surface area contributed by atoms with Crippen LogP contribution in [0.4, 0.5) is 13.2 Å². The molecule has 1 amide bonds. The summed E-state index contributed by atoms with van der Waals surface area (Å²) in [6, 6.07) is 2.66. The minimum Gasteiger partial charge on any atom is -0.480 e. The SMILES string of the molecule is CCN(CC(=O)O)C(=O)c1cc(C(F)(F)F)ccc1Br. The fourth-order valence-electron chi connectivity index (χ4n) is 1.53. The lowest BCUT2D eigenvalue weighted by molar-refractivity contribution is -0.138. The molecule has 0 bridgehead atoms. The van der Waals surface area contributed by atoms with Gasteiger partial charge in [-0.3, -0.25) is 9.59 Å². The van der Waals surface area contributed by atoms with E-state index in [4.69, 9.17) is 5.11 Å². The van der Waals surface area contributed by atoms with Gasteiger partial charge in [0.05, 0.1) is 11.1 Å². The number of rotatable bonds is 4. The molecule has 0 fully saturated rings. The Balaban J connectivity index is 3.17. The highest BCUT2D eigenvalue weighted by Crippen LogP contribution is 2.32. The van der Waals surface area contributed by atoms with E-state index >= 15 is 0 Å². The van der Waals surface area contributed by atoms with E-state index in [9.17, 15) is 22.8 Å². The summed E-state index contributed by atoms with van der Waals surface area (Å²) in [5.41, 5.74) is -1.18. The smallest absolute Gasteiger partial charge is 0.416 e. The molecular formula is C12H11BrF3NO3. The Bertz CT molecular complexity index is 531. The van der Waals surface area contributed by atoms with E-state index < -0.39 is 30.2 Å². The van der Waals surface area contributed by atoms with Crippen molar-refractivity contribution in [1.82, 2.24) is 4.90 Å². The Morgan fingerprint density at radius 2 is 1.95 bits per heavy atom. The van der Waals surface area contributed by atoms with E-state index in [1.54, 1.807) is 6.92 Å². The molecule has 8 heteroatoms. The van der Waals surface area contributed by atoms with Crippen LogP contribution in [0.25, 0.3) is 0 Å². The maximum atomic E-state index is 12.6. The number of likely N-dealkylation sites (N-methyl/N-ethyl adjacent to an activating group) is 1. The highest BCUT2D eigenvalue weighted by atomic mass is 79.9. The summed E-state index contributed by atoms with van der Waals surface area (Å²) in [5, 5.41) is 8.68. The average molecular weight is 354 g/mol. The van der Waals surface area contributed by atoms with Crippen LogP contribution in [0.15, 0.2) is 22.7 Å². The highest BCUT2D eigenvalue weighted by Gasteiger charge is 2.32. The molecule has 1 aromatic rings. The maximum absolute atomic E-state index is 12.6. The molecule has 110 valence electrons. The van der Waals surface area contributed by atoms with Crippen molar-refractivity contribution >= 4 is 27.8 Å². The third kappa shape index (κ3) is 3.96. The predicted octanol–water partition coefficient (Wildman–Crippen LogP) is 3.01. The molecule has 20 heavy (non-hydrogen) atoms. The van der Waals surface area contributed by atoms with Crippen LogP contribution < -0.4 is 0 Å². The van der Waals surface area contributed by atoms with Gasteiger partial charge in [-0.1, -0.05) is 0 Å². The summed E-state index contributed by atoms with van der Waals surface area (Å²) in [4.78, 5) is 23.7. The fourth-order valence-corrected chi connectivity index (χ4v) is 1.94. The van der Waals surface area contributed by atoms with Gasteiger partial charge in [0.1, 0.15) is 6.54 Å². The number of benzene rings is 1. The van der Waals surface area contributed by atoms with Crippen molar-refractivity contribution in [3.05, 3.63) is 33.8 Å². The predicted molar refractivity (Wildman–Crippen MR) is 68.4 cm³/mol. The molecule has 0 aliphatic heterocycles. The number of nitrogens with zero attached hydrogens (tertiary/aromatic N) is 1. The number of carboxylic acids is 1. The zero-order valence-electron chi connectivity index (χ0n) is 10.4. The van der Waals surface area contributed by atoms with Crippen molar-refractivity contribution in [3.8, 4) is 0 Å². The summed E-state index contributed by atoms with van der Waals surface area (Å²) < 4.78 is 38.0. The summed E-state index contributed by atoms with van der Waals surface area (Å²) >= 11 is 3.00. The molecule has 0 atom stereocenters. The first-order valence-electron chi connectivity index (χ1n) is 5.54. The van der Waals surface area contributed by atoms with Gasteiger partial charge in [-0.05, 0) is 41.1 Å². The second-order valence-electron chi connectivity index (χ2n) is 3.91. The summed E-state index contributed by atoms with van der Waals surface area (Å²) in [7, 11) is 0. The van der Waals surface area contributed by atoms with Crippen molar-refractivity contribution in [2.75, 3.05) is 13.1 Å². The van der Waals surface area contributed by atoms with Gasteiger partial charge in [0.2, 0.25) is 0 Å². The Labute approximate surface area is 121 Å². The molecule has 0 aromatic heterocycles. The number of hydrogen-bond acceptors (Lipinski definition) is 2. The number of amides is 1. The van der Waals surface area contributed by atoms with E-state index in [-0.39, 0.29) is 16.6 Å². The van der Waals surface area contributed by atoms with E-state index in [0.717, 1.165) is 17.0 Å². The molecule has 0 heterocycles. The standard InChI is InChI=1S/C12H11BrF3NO3/c1-2-17(6-10(18)19)11(20)8-5-7(12(14,15)16)3-4-9(8)13/h3-5H,2,6H2,1H3,(H,18,19). The van der Waals surface area contributed by atoms with Gasteiger partial charge in [0.15, 0.2) is 0 Å². The van der Waals surface area contributed by atoms with Crippen LogP contribution in [0, 0.1) is 0 Å².